The Labute approximate surface area is 107 Å². The molecule has 0 saturated heterocycles. The molecule has 0 aliphatic heterocycles. The molecule has 3 rings (SSSR count). The van der Waals surface area contributed by atoms with Crippen LogP contribution in [0.1, 0.15) is 15.2 Å². The number of thiazole rings is 1. The Morgan fingerprint density at radius 2 is 2.28 bits per heavy atom. The van der Waals surface area contributed by atoms with E-state index in [-0.39, 0.29) is 5.91 Å². The van der Waals surface area contributed by atoms with Crippen LogP contribution in [0.5, 0.6) is 0 Å². The minimum atomic E-state index is -0.166. The van der Waals surface area contributed by atoms with E-state index in [1.165, 1.54) is 11.3 Å². The number of aryl methyl sites for hydroxylation is 1. The Hall–Kier alpha value is -2.21. The van der Waals surface area contributed by atoms with Crippen molar-refractivity contribution in [2.45, 2.75) is 6.92 Å². The second kappa shape index (κ2) is 4.23. The summed E-state index contributed by atoms with van der Waals surface area (Å²) in [5, 5.41) is 11.1. The normalized spacial score (nSPS) is 10.7. The number of hydrogen-bond acceptors (Lipinski definition) is 4. The summed E-state index contributed by atoms with van der Waals surface area (Å²) in [6, 6.07) is 5.41. The van der Waals surface area contributed by atoms with Crippen LogP contribution in [0.4, 0.5) is 5.13 Å². The highest BCUT2D eigenvalue weighted by Crippen LogP contribution is 2.18. The molecule has 0 saturated carbocycles. The van der Waals surface area contributed by atoms with E-state index in [9.17, 15) is 4.79 Å². The number of aromatic nitrogens is 3. The standard InChI is InChI=1S/C12H10N4OS/c1-7-5-13-12(18-7)15-11(17)8-2-3-9-6-14-16-10(9)4-8/h2-6H,1H3,(H,14,16)(H,13,15,17). The predicted molar refractivity (Wildman–Crippen MR) is 70.9 cm³/mol. The third-order valence-electron chi connectivity index (χ3n) is 2.55. The van der Waals surface area contributed by atoms with E-state index in [1.54, 1.807) is 24.5 Å². The van der Waals surface area contributed by atoms with Crippen molar-refractivity contribution in [3.05, 3.63) is 41.0 Å². The van der Waals surface area contributed by atoms with Crippen LogP contribution in [0.3, 0.4) is 0 Å². The first kappa shape index (κ1) is 10.9. The number of hydrogen-bond donors (Lipinski definition) is 2. The molecule has 0 bridgehead atoms. The Morgan fingerprint density at radius 3 is 3.06 bits per heavy atom. The van der Waals surface area contributed by atoms with Gasteiger partial charge in [-0.05, 0) is 19.1 Å². The van der Waals surface area contributed by atoms with Crippen molar-refractivity contribution in [1.82, 2.24) is 15.2 Å². The van der Waals surface area contributed by atoms with E-state index >= 15 is 0 Å². The largest absolute Gasteiger partial charge is 0.298 e. The number of nitrogens with zero attached hydrogens (tertiary/aromatic N) is 2. The van der Waals surface area contributed by atoms with Crippen molar-refractivity contribution < 1.29 is 4.79 Å². The van der Waals surface area contributed by atoms with Crippen molar-refractivity contribution in [1.29, 1.82) is 0 Å². The fourth-order valence-corrected chi connectivity index (χ4v) is 2.32. The van der Waals surface area contributed by atoms with Crippen LogP contribution >= 0.6 is 11.3 Å². The van der Waals surface area contributed by atoms with Crippen LogP contribution in [0.15, 0.2) is 30.6 Å². The van der Waals surface area contributed by atoms with Crippen LogP contribution in [0.25, 0.3) is 10.9 Å². The summed E-state index contributed by atoms with van der Waals surface area (Å²) in [7, 11) is 0. The van der Waals surface area contributed by atoms with E-state index in [2.05, 4.69) is 20.5 Å². The first-order chi connectivity index (χ1) is 8.72. The molecule has 2 heterocycles. The molecule has 0 atom stereocenters. The number of amides is 1. The molecule has 0 fully saturated rings. The number of fused-ring (bicyclic) bond motifs is 1. The van der Waals surface area contributed by atoms with Gasteiger partial charge in [-0.3, -0.25) is 15.2 Å². The topological polar surface area (TPSA) is 70.7 Å². The highest BCUT2D eigenvalue weighted by Gasteiger charge is 2.09. The first-order valence-corrected chi connectivity index (χ1v) is 6.21. The van der Waals surface area contributed by atoms with Crippen LogP contribution in [-0.4, -0.2) is 21.1 Å². The number of benzene rings is 1. The minimum absolute atomic E-state index is 0.166. The Bertz CT molecular complexity index is 716. The molecule has 6 heteroatoms. The summed E-state index contributed by atoms with van der Waals surface area (Å²) in [6.07, 6.45) is 3.46. The Morgan fingerprint density at radius 1 is 1.39 bits per heavy atom. The van der Waals surface area contributed by atoms with Gasteiger partial charge in [-0.1, -0.05) is 6.07 Å². The van der Waals surface area contributed by atoms with Crippen molar-refractivity contribution in [3.63, 3.8) is 0 Å². The highest BCUT2D eigenvalue weighted by atomic mass is 32.1. The molecule has 3 aromatic rings. The lowest BCUT2D eigenvalue weighted by molar-refractivity contribution is 0.102. The summed E-state index contributed by atoms with van der Waals surface area (Å²) in [6.45, 7) is 1.95. The first-order valence-electron chi connectivity index (χ1n) is 5.39. The molecule has 2 aromatic heterocycles. The van der Waals surface area contributed by atoms with Gasteiger partial charge < -0.3 is 0 Å². The molecule has 0 aliphatic rings. The zero-order valence-corrected chi connectivity index (χ0v) is 10.4. The lowest BCUT2D eigenvalue weighted by atomic mass is 10.1. The third-order valence-corrected chi connectivity index (χ3v) is 3.37. The molecule has 90 valence electrons. The number of aromatic amines is 1. The van der Waals surface area contributed by atoms with Gasteiger partial charge in [0.2, 0.25) is 0 Å². The van der Waals surface area contributed by atoms with Gasteiger partial charge in [-0.15, -0.1) is 11.3 Å². The van der Waals surface area contributed by atoms with Gasteiger partial charge in [0, 0.05) is 22.0 Å². The lowest BCUT2D eigenvalue weighted by Gasteiger charge is -2.01. The molecule has 0 spiro atoms. The Balaban J connectivity index is 1.87. The average Bonchev–Trinajstić information content (AvgIpc) is 2.96. The zero-order chi connectivity index (χ0) is 12.5. The molecule has 2 N–H and O–H groups in total. The van der Waals surface area contributed by atoms with Gasteiger partial charge in [0.1, 0.15) is 0 Å². The molecule has 0 aliphatic carbocycles. The van der Waals surface area contributed by atoms with Gasteiger partial charge in [0.25, 0.3) is 5.91 Å². The van der Waals surface area contributed by atoms with E-state index in [0.29, 0.717) is 10.7 Å². The SMILES string of the molecule is Cc1cnc(NC(=O)c2ccc3cn[nH]c3c2)s1. The summed E-state index contributed by atoms with van der Waals surface area (Å²) in [5.41, 5.74) is 1.43. The summed E-state index contributed by atoms with van der Waals surface area (Å²) in [5.74, 6) is -0.166. The number of anilines is 1. The maximum Gasteiger partial charge on any atom is 0.257 e. The minimum Gasteiger partial charge on any atom is -0.298 e. The third kappa shape index (κ3) is 1.98. The maximum atomic E-state index is 12.0. The Kier molecular flexibility index (Phi) is 2.56. The van der Waals surface area contributed by atoms with Gasteiger partial charge in [-0.25, -0.2) is 4.98 Å². The number of rotatable bonds is 2. The monoisotopic (exact) mass is 258 g/mol. The van der Waals surface area contributed by atoms with Crippen molar-refractivity contribution >= 4 is 33.3 Å². The van der Waals surface area contributed by atoms with Crippen LogP contribution in [0, 0.1) is 6.92 Å². The summed E-state index contributed by atoms with van der Waals surface area (Å²) >= 11 is 1.45. The molecule has 18 heavy (non-hydrogen) atoms. The molecule has 0 radical (unpaired) electrons. The van der Waals surface area contributed by atoms with Gasteiger partial charge >= 0.3 is 0 Å². The van der Waals surface area contributed by atoms with Gasteiger partial charge in [-0.2, -0.15) is 5.10 Å². The second-order valence-electron chi connectivity index (χ2n) is 3.90. The van der Waals surface area contributed by atoms with Crippen LogP contribution in [-0.2, 0) is 0 Å². The predicted octanol–water partition coefficient (Wildman–Crippen LogP) is 2.58. The van der Waals surface area contributed by atoms with E-state index in [4.69, 9.17) is 0 Å². The fourth-order valence-electron chi connectivity index (χ4n) is 1.66. The van der Waals surface area contributed by atoms with E-state index in [1.807, 2.05) is 13.0 Å². The number of H-pyrrole nitrogens is 1. The van der Waals surface area contributed by atoms with Crippen molar-refractivity contribution in [3.8, 4) is 0 Å². The number of nitrogens with one attached hydrogen (secondary N) is 2. The summed E-state index contributed by atoms with van der Waals surface area (Å²) < 4.78 is 0. The molecular formula is C12H10N4OS. The zero-order valence-electron chi connectivity index (χ0n) is 9.60. The number of carbonyl (C=O) groups excluding carboxylic acids is 1. The smallest absolute Gasteiger partial charge is 0.257 e. The second-order valence-corrected chi connectivity index (χ2v) is 5.14. The maximum absolute atomic E-state index is 12.0. The molecular weight excluding hydrogens is 248 g/mol. The average molecular weight is 258 g/mol. The van der Waals surface area contributed by atoms with Crippen LogP contribution < -0.4 is 5.32 Å². The van der Waals surface area contributed by atoms with Gasteiger partial charge in [0.15, 0.2) is 5.13 Å². The quantitative estimate of drug-likeness (QED) is 0.742. The molecule has 5 nitrogen and oxygen atoms in total. The van der Waals surface area contributed by atoms with E-state index < -0.39 is 0 Å². The molecule has 0 unspecified atom stereocenters. The molecule has 1 amide bonds. The summed E-state index contributed by atoms with van der Waals surface area (Å²) in [4.78, 5) is 17.2. The number of carbonyl (C=O) groups is 1. The lowest BCUT2D eigenvalue weighted by Crippen LogP contribution is -2.11. The molecule has 1 aromatic carbocycles. The highest BCUT2D eigenvalue weighted by molar-refractivity contribution is 7.15. The van der Waals surface area contributed by atoms with Gasteiger partial charge in [0.05, 0.1) is 11.7 Å². The van der Waals surface area contributed by atoms with E-state index in [0.717, 1.165) is 15.8 Å². The fraction of sp³-hybridized carbons (Fsp3) is 0.0833. The van der Waals surface area contributed by atoms with Crippen molar-refractivity contribution in [2.24, 2.45) is 0 Å². The van der Waals surface area contributed by atoms with Crippen molar-refractivity contribution in [2.75, 3.05) is 5.32 Å². The van der Waals surface area contributed by atoms with Crippen LogP contribution in [0.2, 0.25) is 0 Å².